The van der Waals surface area contributed by atoms with Gasteiger partial charge in [-0.2, -0.15) is 0 Å². The smallest absolute Gasteiger partial charge is 0.123 e. The molecule has 0 saturated carbocycles. The molecule has 1 aromatic carbocycles. The van der Waals surface area contributed by atoms with Crippen molar-refractivity contribution < 1.29 is 9.47 Å². The number of rotatable bonds is 5. The van der Waals surface area contributed by atoms with Gasteiger partial charge in [-0.25, -0.2) is 0 Å². The molecule has 4 nitrogen and oxygen atoms in total. The third-order valence-electron chi connectivity index (χ3n) is 3.59. The van der Waals surface area contributed by atoms with Crippen molar-refractivity contribution in [3.8, 4) is 5.75 Å². The highest BCUT2D eigenvalue weighted by Gasteiger charge is 2.45. The van der Waals surface area contributed by atoms with Crippen molar-refractivity contribution in [3.05, 3.63) is 28.2 Å². The van der Waals surface area contributed by atoms with Crippen molar-refractivity contribution >= 4 is 15.9 Å². The van der Waals surface area contributed by atoms with Gasteiger partial charge in [-0.3, -0.25) is 0 Å². The average molecular weight is 315 g/mol. The van der Waals surface area contributed by atoms with Gasteiger partial charge in [0.15, 0.2) is 0 Å². The van der Waals surface area contributed by atoms with Crippen LogP contribution in [0.1, 0.15) is 11.6 Å². The lowest BCUT2D eigenvalue weighted by atomic mass is 9.75. The molecule has 1 aliphatic rings. The number of nitrogens with two attached hydrogens (primary N) is 1. The van der Waals surface area contributed by atoms with Gasteiger partial charge < -0.3 is 20.5 Å². The van der Waals surface area contributed by atoms with Gasteiger partial charge in [-0.1, -0.05) is 15.9 Å². The van der Waals surface area contributed by atoms with E-state index in [0.717, 1.165) is 15.8 Å². The molecular formula is C13H19BrN2O2. The molecule has 0 aromatic heterocycles. The summed E-state index contributed by atoms with van der Waals surface area (Å²) in [5.41, 5.74) is 7.01. The maximum Gasteiger partial charge on any atom is 0.123 e. The average Bonchev–Trinajstić information content (AvgIpc) is 2.33. The molecule has 0 radical (unpaired) electrons. The lowest BCUT2D eigenvalue weighted by Gasteiger charge is -2.46. The minimum Gasteiger partial charge on any atom is -0.496 e. The number of nitrogens with one attached hydrogen (secondary N) is 1. The fourth-order valence-corrected chi connectivity index (χ4v) is 2.87. The number of hydrogen-bond donors (Lipinski definition) is 2. The largest absolute Gasteiger partial charge is 0.496 e. The number of ether oxygens (including phenoxy) is 2. The van der Waals surface area contributed by atoms with E-state index in [2.05, 4.69) is 27.3 Å². The lowest BCUT2D eigenvalue weighted by Crippen LogP contribution is -2.55. The maximum atomic E-state index is 5.94. The Kier molecular flexibility index (Phi) is 4.27. The summed E-state index contributed by atoms with van der Waals surface area (Å²) in [6.07, 6.45) is 0. The highest BCUT2D eigenvalue weighted by molar-refractivity contribution is 9.10. The van der Waals surface area contributed by atoms with Crippen LogP contribution in [0.4, 0.5) is 0 Å². The van der Waals surface area contributed by atoms with E-state index in [1.807, 2.05) is 19.2 Å². The molecule has 3 N–H and O–H groups in total. The van der Waals surface area contributed by atoms with Crippen LogP contribution < -0.4 is 15.8 Å². The van der Waals surface area contributed by atoms with Gasteiger partial charge in [0.05, 0.1) is 20.3 Å². The fraction of sp³-hybridized carbons (Fsp3) is 0.538. The van der Waals surface area contributed by atoms with Crippen LogP contribution in [0.5, 0.6) is 5.75 Å². The topological polar surface area (TPSA) is 56.5 Å². The van der Waals surface area contributed by atoms with E-state index in [9.17, 15) is 0 Å². The zero-order valence-electron chi connectivity index (χ0n) is 10.7. The first kappa shape index (κ1) is 13.8. The molecule has 1 fully saturated rings. The zero-order chi connectivity index (χ0) is 13.2. The molecule has 5 heteroatoms. The van der Waals surface area contributed by atoms with Crippen molar-refractivity contribution in [2.24, 2.45) is 11.1 Å². The number of benzene rings is 1. The molecule has 1 heterocycles. The summed E-state index contributed by atoms with van der Waals surface area (Å²) >= 11 is 3.51. The molecule has 0 aliphatic carbocycles. The number of hydrogen-bond acceptors (Lipinski definition) is 4. The first-order valence-electron chi connectivity index (χ1n) is 5.95. The quantitative estimate of drug-likeness (QED) is 0.868. The van der Waals surface area contributed by atoms with Gasteiger partial charge in [0.25, 0.3) is 0 Å². The second-order valence-corrected chi connectivity index (χ2v) is 5.58. The molecule has 0 spiro atoms. The van der Waals surface area contributed by atoms with Crippen LogP contribution in [0, 0.1) is 5.41 Å². The van der Waals surface area contributed by atoms with Crippen molar-refractivity contribution in [1.29, 1.82) is 0 Å². The minimum atomic E-state index is -0.0389. The molecule has 2 rings (SSSR count). The molecule has 1 aromatic rings. The fourth-order valence-electron chi connectivity index (χ4n) is 2.49. The highest BCUT2D eigenvalue weighted by atomic mass is 79.9. The van der Waals surface area contributed by atoms with Crippen molar-refractivity contribution in [1.82, 2.24) is 5.32 Å². The summed E-state index contributed by atoms with van der Waals surface area (Å²) in [4.78, 5) is 0. The summed E-state index contributed by atoms with van der Waals surface area (Å²) in [6, 6.07) is 6.15. The third-order valence-corrected chi connectivity index (χ3v) is 4.08. The van der Waals surface area contributed by atoms with Crippen LogP contribution in [-0.4, -0.2) is 33.9 Å². The van der Waals surface area contributed by atoms with Crippen LogP contribution in [0.3, 0.4) is 0 Å². The zero-order valence-corrected chi connectivity index (χ0v) is 12.3. The van der Waals surface area contributed by atoms with Gasteiger partial charge in [0.2, 0.25) is 0 Å². The van der Waals surface area contributed by atoms with Gasteiger partial charge in [0, 0.05) is 28.0 Å². The van der Waals surface area contributed by atoms with E-state index < -0.39 is 0 Å². The van der Waals surface area contributed by atoms with Gasteiger partial charge in [-0.05, 0) is 25.2 Å². The van der Waals surface area contributed by atoms with Crippen molar-refractivity contribution in [2.45, 2.75) is 6.04 Å². The molecule has 0 amide bonds. The van der Waals surface area contributed by atoms with Crippen molar-refractivity contribution in [2.75, 3.05) is 33.9 Å². The number of halogens is 1. The molecule has 1 atom stereocenters. The summed E-state index contributed by atoms with van der Waals surface area (Å²) in [6.45, 7) is 1.96. The molecule has 0 bridgehead atoms. The van der Waals surface area contributed by atoms with Gasteiger partial charge in [0.1, 0.15) is 5.75 Å². The predicted molar refractivity (Wildman–Crippen MR) is 74.8 cm³/mol. The Morgan fingerprint density at radius 3 is 2.72 bits per heavy atom. The normalized spacial score (nSPS) is 19.1. The van der Waals surface area contributed by atoms with Crippen LogP contribution in [0.2, 0.25) is 0 Å². The SMILES string of the molecule is CNC(c1cc(Br)ccc1OC)C1(CN)COC1. The first-order chi connectivity index (χ1) is 8.66. The summed E-state index contributed by atoms with van der Waals surface area (Å²) in [5.74, 6) is 0.872. The van der Waals surface area contributed by atoms with Crippen LogP contribution >= 0.6 is 15.9 Å². The van der Waals surface area contributed by atoms with E-state index in [0.29, 0.717) is 19.8 Å². The van der Waals surface area contributed by atoms with Crippen LogP contribution in [0.25, 0.3) is 0 Å². The molecular weight excluding hydrogens is 296 g/mol. The van der Waals surface area contributed by atoms with Gasteiger partial charge >= 0.3 is 0 Å². The van der Waals surface area contributed by atoms with Crippen LogP contribution in [-0.2, 0) is 4.74 Å². The first-order valence-corrected chi connectivity index (χ1v) is 6.74. The lowest BCUT2D eigenvalue weighted by molar-refractivity contribution is -0.127. The Hall–Kier alpha value is -0.620. The monoisotopic (exact) mass is 314 g/mol. The Labute approximate surface area is 116 Å². The second kappa shape index (κ2) is 5.57. The van der Waals surface area contributed by atoms with E-state index in [-0.39, 0.29) is 11.5 Å². The van der Waals surface area contributed by atoms with E-state index in [1.165, 1.54) is 0 Å². The Bertz CT molecular complexity index is 416. The Morgan fingerprint density at radius 1 is 1.56 bits per heavy atom. The Balaban J connectivity index is 2.40. The summed E-state index contributed by atoms with van der Waals surface area (Å²) in [5, 5.41) is 3.35. The van der Waals surface area contributed by atoms with E-state index in [4.69, 9.17) is 15.2 Å². The molecule has 1 aliphatic heterocycles. The van der Waals surface area contributed by atoms with Crippen LogP contribution in [0.15, 0.2) is 22.7 Å². The highest BCUT2D eigenvalue weighted by Crippen LogP contribution is 2.43. The predicted octanol–water partition coefficient (Wildman–Crippen LogP) is 1.69. The van der Waals surface area contributed by atoms with Crippen molar-refractivity contribution in [3.63, 3.8) is 0 Å². The standard InChI is InChI=1S/C13H19BrN2O2/c1-16-12(13(6-15)7-18-8-13)10-5-9(14)3-4-11(10)17-2/h3-5,12,16H,6-8,15H2,1-2H3. The summed E-state index contributed by atoms with van der Waals surface area (Å²) < 4.78 is 11.8. The molecule has 1 saturated heterocycles. The van der Waals surface area contributed by atoms with E-state index >= 15 is 0 Å². The minimum absolute atomic E-state index is 0.0389. The summed E-state index contributed by atoms with van der Waals surface area (Å²) in [7, 11) is 3.63. The second-order valence-electron chi connectivity index (χ2n) is 4.67. The maximum absolute atomic E-state index is 5.94. The molecule has 1 unspecified atom stereocenters. The molecule has 100 valence electrons. The van der Waals surface area contributed by atoms with E-state index in [1.54, 1.807) is 7.11 Å². The van der Waals surface area contributed by atoms with Gasteiger partial charge in [-0.15, -0.1) is 0 Å². The Morgan fingerprint density at radius 2 is 2.28 bits per heavy atom. The molecule has 18 heavy (non-hydrogen) atoms. The third kappa shape index (κ3) is 2.28. The number of methoxy groups -OCH3 is 1.